The van der Waals surface area contributed by atoms with E-state index in [0.29, 0.717) is 0 Å². The summed E-state index contributed by atoms with van der Waals surface area (Å²) in [6.07, 6.45) is 5.68. The van der Waals surface area contributed by atoms with Crippen LogP contribution in [0.1, 0.15) is 24.8 Å². The van der Waals surface area contributed by atoms with Crippen molar-refractivity contribution < 1.29 is 0 Å². The number of halogens is 1. The number of aromatic nitrogens is 1. The van der Waals surface area contributed by atoms with E-state index in [9.17, 15) is 0 Å². The number of hydrogen-bond acceptors (Lipinski definition) is 4. The molecule has 4 rings (SSSR count). The lowest BCUT2D eigenvalue weighted by Crippen LogP contribution is -2.35. The zero-order valence-corrected chi connectivity index (χ0v) is 11.1. The molecule has 0 radical (unpaired) electrons. The van der Waals surface area contributed by atoms with Crippen LogP contribution in [0.2, 0.25) is 0 Å². The lowest BCUT2D eigenvalue weighted by molar-refractivity contribution is 0.539. The first kappa shape index (κ1) is 12.2. The lowest BCUT2D eigenvalue weighted by atomic mass is 10.1. The van der Waals surface area contributed by atoms with Crippen LogP contribution in [0, 0.1) is 11.8 Å². The van der Waals surface area contributed by atoms with Gasteiger partial charge in [0, 0.05) is 19.3 Å². The number of nitrogens with one attached hydrogen (secondary N) is 1. The van der Waals surface area contributed by atoms with Crippen molar-refractivity contribution in [3.05, 3.63) is 23.9 Å². The van der Waals surface area contributed by atoms with Gasteiger partial charge in [-0.15, -0.1) is 12.4 Å². The fourth-order valence-corrected chi connectivity index (χ4v) is 3.08. The molecule has 18 heavy (non-hydrogen) atoms. The van der Waals surface area contributed by atoms with Gasteiger partial charge in [0.05, 0.1) is 5.54 Å². The molecule has 2 atom stereocenters. The third kappa shape index (κ3) is 1.79. The summed E-state index contributed by atoms with van der Waals surface area (Å²) in [5, 5.41) is 0. The van der Waals surface area contributed by atoms with Gasteiger partial charge in [0.1, 0.15) is 5.82 Å². The van der Waals surface area contributed by atoms with Gasteiger partial charge in [-0.25, -0.2) is 10.4 Å². The predicted molar refractivity (Wildman–Crippen MR) is 73.5 cm³/mol. The van der Waals surface area contributed by atoms with E-state index in [0.717, 1.165) is 30.5 Å². The Hall–Kier alpha value is -0.840. The second-order valence-corrected chi connectivity index (χ2v) is 5.79. The molecule has 3 fully saturated rings. The molecule has 2 saturated carbocycles. The molecule has 2 aliphatic carbocycles. The highest BCUT2D eigenvalue weighted by atomic mass is 35.5. The van der Waals surface area contributed by atoms with Crippen LogP contribution < -0.4 is 16.2 Å². The van der Waals surface area contributed by atoms with Crippen LogP contribution in [0.4, 0.5) is 5.82 Å². The molecule has 2 heterocycles. The molecule has 0 aromatic carbocycles. The highest BCUT2D eigenvalue weighted by Crippen LogP contribution is 2.47. The van der Waals surface area contributed by atoms with Gasteiger partial charge in [0.25, 0.3) is 0 Å². The molecule has 3 aliphatic rings. The van der Waals surface area contributed by atoms with Crippen molar-refractivity contribution in [2.75, 3.05) is 18.0 Å². The van der Waals surface area contributed by atoms with Crippen molar-refractivity contribution in [2.45, 2.75) is 24.8 Å². The normalized spacial score (nSPS) is 30.6. The van der Waals surface area contributed by atoms with Crippen LogP contribution in [-0.4, -0.2) is 18.1 Å². The van der Waals surface area contributed by atoms with Crippen LogP contribution in [0.25, 0.3) is 0 Å². The van der Waals surface area contributed by atoms with Gasteiger partial charge in [-0.05, 0) is 42.7 Å². The summed E-state index contributed by atoms with van der Waals surface area (Å²) in [7, 11) is 0. The highest BCUT2D eigenvalue weighted by Gasteiger charge is 2.46. The molecule has 98 valence electrons. The predicted octanol–water partition coefficient (Wildman–Crippen LogP) is 1.41. The minimum Gasteiger partial charge on any atom is -0.356 e. The average molecular weight is 267 g/mol. The van der Waals surface area contributed by atoms with Crippen molar-refractivity contribution in [2.24, 2.45) is 17.7 Å². The zero-order chi connectivity index (χ0) is 11.5. The van der Waals surface area contributed by atoms with Gasteiger partial charge < -0.3 is 4.90 Å². The molecule has 5 heteroatoms. The fraction of sp³-hybridized carbons (Fsp3) is 0.615. The second-order valence-electron chi connectivity index (χ2n) is 5.79. The van der Waals surface area contributed by atoms with E-state index in [-0.39, 0.29) is 17.9 Å². The number of anilines is 1. The summed E-state index contributed by atoms with van der Waals surface area (Å²) in [5.74, 6) is 8.64. The summed E-state index contributed by atoms with van der Waals surface area (Å²) in [4.78, 5) is 7.02. The van der Waals surface area contributed by atoms with E-state index in [1.807, 2.05) is 6.20 Å². The average Bonchev–Trinajstić information content (AvgIpc) is 3.29. The fourth-order valence-electron chi connectivity index (χ4n) is 3.08. The highest BCUT2D eigenvalue weighted by molar-refractivity contribution is 5.85. The molecule has 0 amide bonds. The molecule has 1 aromatic rings. The Balaban J connectivity index is 0.000001000. The van der Waals surface area contributed by atoms with Crippen molar-refractivity contribution >= 4 is 18.2 Å². The maximum atomic E-state index is 5.60. The monoisotopic (exact) mass is 266 g/mol. The summed E-state index contributed by atoms with van der Waals surface area (Å²) >= 11 is 0. The Bertz CT molecular complexity index is 433. The van der Waals surface area contributed by atoms with Gasteiger partial charge in [0.15, 0.2) is 0 Å². The van der Waals surface area contributed by atoms with Crippen LogP contribution in [0.15, 0.2) is 18.3 Å². The topological polar surface area (TPSA) is 54.2 Å². The van der Waals surface area contributed by atoms with E-state index in [2.05, 4.69) is 27.4 Å². The largest absolute Gasteiger partial charge is 0.356 e. The van der Waals surface area contributed by atoms with Crippen LogP contribution in [0.3, 0.4) is 0 Å². The van der Waals surface area contributed by atoms with Crippen molar-refractivity contribution in [1.29, 1.82) is 0 Å². The number of fused-ring (bicyclic) bond motifs is 1. The minimum absolute atomic E-state index is 0. The first-order chi connectivity index (χ1) is 8.31. The molecule has 0 bridgehead atoms. The SMILES string of the molecule is Cl.NNC1(c2ccc(N3CC4CC4C3)nc2)CC1. The molecule has 1 aliphatic heterocycles. The first-order valence-electron chi connectivity index (χ1n) is 6.50. The molecule has 1 saturated heterocycles. The Morgan fingerprint density at radius 3 is 2.50 bits per heavy atom. The van der Waals surface area contributed by atoms with Crippen LogP contribution >= 0.6 is 12.4 Å². The number of hydrogen-bond donors (Lipinski definition) is 2. The van der Waals surface area contributed by atoms with Gasteiger partial charge in [0.2, 0.25) is 0 Å². The molecule has 3 N–H and O–H groups in total. The third-order valence-electron chi connectivity index (χ3n) is 4.63. The van der Waals surface area contributed by atoms with E-state index in [4.69, 9.17) is 5.84 Å². The quantitative estimate of drug-likeness (QED) is 0.642. The minimum atomic E-state index is 0. The molecular weight excluding hydrogens is 248 g/mol. The summed E-state index contributed by atoms with van der Waals surface area (Å²) < 4.78 is 0. The standard InChI is InChI=1S/C13H18N4.ClH/c14-16-13(3-4-13)11-1-2-12(15-6-11)17-7-9-5-10(9)8-17;/h1-2,6,9-10,16H,3-5,7-8,14H2;1H. The third-order valence-corrected chi connectivity index (χ3v) is 4.63. The first-order valence-corrected chi connectivity index (χ1v) is 6.50. The molecule has 2 unspecified atom stereocenters. The van der Waals surface area contributed by atoms with Crippen LogP contribution in [0.5, 0.6) is 0 Å². The maximum absolute atomic E-state index is 5.60. The van der Waals surface area contributed by atoms with E-state index in [1.165, 1.54) is 25.1 Å². The molecule has 1 aromatic heterocycles. The van der Waals surface area contributed by atoms with E-state index >= 15 is 0 Å². The zero-order valence-electron chi connectivity index (χ0n) is 10.3. The number of hydrazine groups is 1. The van der Waals surface area contributed by atoms with Gasteiger partial charge in [-0.3, -0.25) is 5.84 Å². The molecular formula is C13H19ClN4. The van der Waals surface area contributed by atoms with E-state index in [1.54, 1.807) is 0 Å². The van der Waals surface area contributed by atoms with Gasteiger partial charge in [-0.2, -0.15) is 0 Å². The lowest BCUT2D eigenvalue weighted by Gasteiger charge is -2.20. The second kappa shape index (κ2) is 4.08. The maximum Gasteiger partial charge on any atom is 0.128 e. The Labute approximate surface area is 113 Å². The summed E-state index contributed by atoms with van der Waals surface area (Å²) in [5.41, 5.74) is 4.17. The Kier molecular flexibility index (Phi) is 2.77. The number of rotatable bonds is 3. The molecule has 0 spiro atoms. The number of nitrogens with zero attached hydrogens (tertiary/aromatic N) is 2. The number of piperidine rings is 1. The number of nitrogens with two attached hydrogens (primary N) is 1. The summed E-state index contributed by atoms with van der Waals surface area (Å²) in [6, 6.07) is 4.33. The molecule has 4 nitrogen and oxygen atoms in total. The Morgan fingerprint density at radius 2 is 2.00 bits per heavy atom. The van der Waals surface area contributed by atoms with E-state index < -0.39 is 0 Å². The Morgan fingerprint density at radius 1 is 1.28 bits per heavy atom. The number of pyridine rings is 1. The van der Waals surface area contributed by atoms with Gasteiger partial charge in [-0.1, -0.05) is 6.07 Å². The van der Waals surface area contributed by atoms with Gasteiger partial charge >= 0.3 is 0 Å². The van der Waals surface area contributed by atoms with Crippen molar-refractivity contribution in [3.63, 3.8) is 0 Å². The van der Waals surface area contributed by atoms with Crippen LogP contribution in [-0.2, 0) is 5.54 Å². The smallest absolute Gasteiger partial charge is 0.128 e. The summed E-state index contributed by atoms with van der Waals surface area (Å²) in [6.45, 7) is 2.41. The van der Waals surface area contributed by atoms with Crippen molar-refractivity contribution in [1.82, 2.24) is 10.4 Å². The van der Waals surface area contributed by atoms with Crippen molar-refractivity contribution in [3.8, 4) is 0 Å².